The Balaban J connectivity index is 2.41. The first kappa shape index (κ1) is 16.7. The molecule has 7 heteroatoms. The Hall–Kier alpha value is -0.620. The molecule has 2 aromatic carbocycles. The van der Waals surface area contributed by atoms with Crippen molar-refractivity contribution in [1.82, 2.24) is 0 Å². The lowest BCUT2D eigenvalue weighted by Gasteiger charge is -2.13. The second-order valence-electron chi connectivity index (χ2n) is 4.49. The number of rotatable bonds is 3. The molecule has 1 atom stereocenters. The lowest BCUT2D eigenvalue weighted by Crippen LogP contribution is -2.00. The first-order valence-electron chi connectivity index (χ1n) is 5.78. The van der Waals surface area contributed by atoms with E-state index in [1.807, 2.05) is 0 Å². The van der Waals surface area contributed by atoms with Gasteiger partial charge in [0, 0.05) is 16.3 Å². The minimum atomic E-state index is -3.27. The predicted molar refractivity (Wildman–Crippen MR) is 86.4 cm³/mol. The maximum absolute atomic E-state index is 14.0. The Morgan fingerprint density at radius 2 is 1.76 bits per heavy atom. The van der Waals surface area contributed by atoms with Gasteiger partial charge in [-0.3, -0.25) is 0 Å². The summed E-state index contributed by atoms with van der Waals surface area (Å²) < 4.78 is 37.2. The van der Waals surface area contributed by atoms with Crippen LogP contribution in [0.5, 0.6) is 0 Å². The third kappa shape index (κ3) is 3.77. The third-order valence-corrected chi connectivity index (χ3v) is 5.73. The zero-order chi connectivity index (χ0) is 15.8. The molecule has 2 nitrogen and oxygen atoms in total. The molecule has 0 fully saturated rings. The van der Waals surface area contributed by atoms with E-state index >= 15 is 0 Å². The van der Waals surface area contributed by atoms with Gasteiger partial charge in [0.1, 0.15) is 5.82 Å². The van der Waals surface area contributed by atoms with Crippen LogP contribution in [0.25, 0.3) is 0 Å². The van der Waals surface area contributed by atoms with Gasteiger partial charge >= 0.3 is 0 Å². The van der Waals surface area contributed by atoms with E-state index in [2.05, 4.69) is 15.9 Å². The molecule has 112 valence electrons. The van der Waals surface area contributed by atoms with Crippen molar-refractivity contribution in [3.8, 4) is 0 Å². The zero-order valence-corrected chi connectivity index (χ0v) is 14.7. The molecule has 2 rings (SSSR count). The van der Waals surface area contributed by atoms with Gasteiger partial charge in [0.15, 0.2) is 9.84 Å². The molecular formula is C14H10BrCl2FO2S. The highest BCUT2D eigenvalue weighted by atomic mass is 79.9. The summed E-state index contributed by atoms with van der Waals surface area (Å²) in [5, 5.41) is -0.408. The van der Waals surface area contributed by atoms with Gasteiger partial charge < -0.3 is 0 Å². The van der Waals surface area contributed by atoms with Crippen LogP contribution in [0.15, 0.2) is 45.8 Å². The Kier molecular flexibility index (Phi) is 4.98. The quantitative estimate of drug-likeness (QED) is 0.527. The third-order valence-electron chi connectivity index (χ3n) is 2.91. The summed E-state index contributed by atoms with van der Waals surface area (Å²) in [6, 6.07) is 8.70. The highest BCUT2D eigenvalue weighted by Crippen LogP contribution is 2.35. The van der Waals surface area contributed by atoms with Crippen LogP contribution in [0.2, 0.25) is 5.02 Å². The van der Waals surface area contributed by atoms with E-state index in [1.165, 1.54) is 24.3 Å². The van der Waals surface area contributed by atoms with E-state index in [9.17, 15) is 12.8 Å². The van der Waals surface area contributed by atoms with Gasteiger partial charge in [-0.25, -0.2) is 12.8 Å². The summed E-state index contributed by atoms with van der Waals surface area (Å²) in [5.41, 5.74) is 0.818. The van der Waals surface area contributed by atoms with Crippen molar-refractivity contribution in [2.24, 2.45) is 0 Å². The lowest BCUT2D eigenvalue weighted by molar-refractivity contribution is 0.601. The van der Waals surface area contributed by atoms with Crippen LogP contribution in [0.1, 0.15) is 16.5 Å². The maximum atomic E-state index is 14.0. The number of alkyl halides is 1. The van der Waals surface area contributed by atoms with Crippen molar-refractivity contribution in [2.45, 2.75) is 10.3 Å². The SMILES string of the molecule is CS(=O)(=O)c1ccc(C(Cl)c2cc(Cl)c(Br)cc2F)cc1. The van der Waals surface area contributed by atoms with Gasteiger partial charge in [-0.05, 0) is 45.8 Å². The molecule has 0 aliphatic carbocycles. The molecule has 0 radical (unpaired) electrons. The van der Waals surface area contributed by atoms with Crippen LogP contribution < -0.4 is 0 Å². The zero-order valence-electron chi connectivity index (χ0n) is 10.8. The molecule has 0 saturated carbocycles. The monoisotopic (exact) mass is 410 g/mol. The fourth-order valence-corrected chi connectivity index (χ4v) is 3.23. The minimum absolute atomic E-state index is 0.185. The lowest BCUT2D eigenvalue weighted by atomic mass is 10.0. The molecule has 0 spiro atoms. The molecule has 0 N–H and O–H groups in total. The van der Waals surface area contributed by atoms with Crippen LogP contribution in [0.4, 0.5) is 4.39 Å². The summed E-state index contributed by atoms with van der Waals surface area (Å²) in [5.74, 6) is -0.488. The van der Waals surface area contributed by atoms with Gasteiger partial charge in [-0.15, -0.1) is 11.6 Å². The average molecular weight is 412 g/mol. The molecule has 0 aliphatic rings. The number of benzene rings is 2. The Labute approximate surface area is 140 Å². The van der Waals surface area contributed by atoms with E-state index in [4.69, 9.17) is 23.2 Å². The Morgan fingerprint density at radius 3 is 2.29 bits per heavy atom. The van der Waals surface area contributed by atoms with Crippen molar-refractivity contribution < 1.29 is 12.8 Å². The summed E-state index contributed by atoms with van der Waals surface area (Å²) in [7, 11) is -3.27. The largest absolute Gasteiger partial charge is 0.224 e. The summed E-state index contributed by atoms with van der Waals surface area (Å²) in [4.78, 5) is 0.185. The van der Waals surface area contributed by atoms with Crippen LogP contribution in [-0.2, 0) is 9.84 Å². The van der Waals surface area contributed by atoms with Crippen LogP contribution in [0, 0.1) is 5.82 Å². The minimum Gasteiger partial charge on any atom is -0.224 e. The summed E-state index contributed by atoms with van der Waals surface area (Å²) >= 11 is 15.4. The van der Waals surface area contributed by atoms with E-state index < -0.39 is 21.0 Å². The molecular weight excluding hydrogens is 402 g/mol. The van der Waals surface area contributed by atoms with Crippen molar-refractivity contribution in [3.63, 3.8) is 0 Å². The molecule has 0 aromatic heterocycles. The molecule has 1 unspecified atom stereocenters. The highest BCUT2D eigenvalue weighted by molar-refractivity contribution is 9.10. The molecule has 0 aliphatic heterocycles. The van der Waals surface area contributed by atoms with E-state index in [1.54, 1.807) is 12.1 Å². The topological polar surface area (TPSA) is 34.1 Å². The van der Waals surface area contributed by atoms with E-state index in [-0.39, 0.29) is 10.5 Å². The number of hydrogen-bond donors (Lipinski definition) is 0. The fraction of sp³-hybridized carbons (Fsp3) is 0.143. The average Bonchev–Trinajstić information content (AvgIpc) is 2.41. The number of halogens is 4. The Bertz CT molecular complexity index is 776. The summed E-state index contributed by atoms with van der Waals surface area (Å²) in [6.45, 7) is 0. The van der Waals surface area contributed by atoms with Gasteiger partial charge in [-0.1, -0.05) is 23.7 Å². The molecule has 21 heavy (non-hydrogen) atoms. The smallest absolute Gasteiger partial charge is 0.175 e. The van der Waals surface area contributed by atoms with Gasteiger partial charge in [0.2, 0.25) is 0 Å². The number of hydrogen-bond acceptors (Lipinski definition) is 2. The first-order chi connectivity index (χ1) is 9.70. The van der Waals surface area contributed by atoms with Gasteiger partial charge in [0.25, 0.3) is 0 Å². The van der Waals surface area contributed by atoms with Gasteiger partial charge in [0.05, 0.1) is 15.3 Å². The molecule has 2 aromatic rings. The number of sulfone groups is 1. The van der Waals surface area contributed by atoms with Crippen LogP contribution in [0.3, 0.4) is 0 Å². The predicted octanol–water partition coefficient (Wildman–Crippen LogP) is 4.97. The molecule has 0 amide bonds. The standard InChI is InChI=1S/C14H10BrCl2FO2S/c1-21(19,20)9-4-2-8(3-5-9)14(17)10-6-12(16)11(15)7-13(10)18/h2-7,14H,1H3. The maximum Gasteiger partial charge on any atom is 0.175 e. The molecule has 0 heterocycles. The van der Waals surface area contributed by atoms with Crippen molar-refractivity contribution in [2.75, 3.05) is 6.26 Å². The fourth-order valence-electron chi connectivity index (χ4n) is 1.80. The second kappa shape index (κ2) is 6.24. The van der Waals surface area contributed by atoms with Crippen molar-refractivity contribution in [1.29, 1.82) is 0 Å². The van der Waals surface area contributed by atoms with Crippen molar-refractivity contribution in [3.05, 3.63) is 62.8 Å². The summed E-state index contributed by atoms with van der Waals surface area (Å²) in [6.07, 6.45) is 1.12. The van der Waals surface area contributed by atoms with Crippen LogP contribution >= 0.6 is 39.1 Å². The van der Waals surface area contributed by atoms with Crippen LogP contribution in [-0.4, -0.2) is 14.7 Å². The highest BCUT2D eigenvalue weighted by Gasteiger charge is 2.18. The van der Waals surface area contributed by atoms with Crippen molar-refractivity contribution >= 4 is 49.0 Å². The molecule has 0 bridgehead atoms. The molecule has 0 saturated heterocycles. The second-order valence-corrected chi connectivity index (χ2v) is 8.21. The van der Waals surface area contributed by atoms with E-state index in [0.717, 1.165) is 6.26 Å². The first-order valence-corrected chi connectivity index (χ1v) is 9.28. The normalized spacial score (nSPS) is 13.2. The van der Waals surface area contributed by atoms with E-state index in [0.29, 0.717) is 15.1 Å². The van der Waals surface area contributed by atoms with Gasteiger partial charge in [-0.2, -0.15) is 0 Å². The Morgan fingerprint density at radius 1 is 1.19 bits per heavy atom.